The fraction of sp³-hybridized carbons (Fsp3) is 0.217. The van der Waals surface area contributed by atoms with Crippen molar-refractivity contribution in [1.29, 1.82) is 5.26 Å². The zero-order chi connectivity index (χ0) is 24.5. The lowest BCUT2D eigenvalue weighted by atomic mass is 10.1. The summed E-state index contributed by atoms with van der Waals surface area (Å²) in [6, 6.07) is 9.58. The van der Waals surface area contributed by atoms with Gasteiger partial charge >= 0.3 is 0 Å². The standard InChI is InChI=1S/C23H19FN4O5S/c1-14-3-2-9-28-20(14)27-22(33-18-6-4-16(24)5-7-18)19(23(28)30)11-15(12-25)21(29)26-17-8-10-34(31,32)13-17/h2-7,9,11,17H,8,10,13H2,1H3,(H,26,29)/b15-11+/t17-/m0/s1. The van der Waals surface area contributed by atoms with Crippen molar-refractivity contribution in [2.45, 2.75) is 19.4 Å². The van der Waals surface area contributed by atoms with Crippen LogP contribution < -0.4 is 15.6 Å². The molecule has 1 N–H and O–H groups in total. The van der Waals surface area contributed by atoms with Crippen molar-refractivity contribution in [2.75, 3.05) is 11.5 Å². The number of ether oxygens (including phenoxy) is 1. The number of hydrogen-bond donors (Lipinski definition) is 1. The maximum atomic E-state index is 13.3. The Morgan fingerprint density at radius 3 is 2.71 bits per heavy atom. The van der Waals surface area contributed by atoms with Crippen molar-refractivity contribution in [1.82, 2.24) is 14.7 Å². The third-order valence-electron chi connectivity index (χ3n) is 5.30. The molecule has 9 nitrogen and oxygen atoms in total. The van der Waals surface area contributed by atoms with Gasteiger partial charge in [-0.3, -0.25) is 14.0 Å². The molecule has 2 aromatic heterocycles. The number of fused-ring (bicyclic) bond motifs is 1. The topological polar surface area (TPSA) is 131 Å². The van der Waals surface area contributed by atoms with Crippen LogP contribution in [0.3, 0.4) is 0 Å². The molecule has 1 saturated heterocycles. The number of nitrogens with zero attached hydrogens (tertiary/aromatic N) is 3. The van der Waals surface area contributed by atoms with Crippen molar-refractivity contribution in [3.8, 4) is 17.7 Å². The van der Waals surface area contributed by atoms with E-state index in [9.17, 15) is 27.7 Å². The zero-order valence-corrected chi connectivity index (χ0v) is 18.8. The van der Waals surface area contributed by atoms with Gasteiger partial charge < -0.3 is 10.1 Å². The van der Waals surface area contributed by atoms with Gasteiger partial charge in [-0.1, -0.05) is 6.07 Å². The first-order valence-electron chi connectivity index (χ1n) is 10.3. The second-order valence-electron chi connectivity index (χ2n) is 7.82. The first kappa shape index (κ1) is 23.1. The normalized spacial score (nSPS) is 17.3. The van der Waals surface area contributed by atoms with Gasteiger partial charge in [-0.2, -0.15) is 10.2 Å². The number of carbonyl (C=O) groups excluding carboxylic acids is 1. The quantitative estimate of drug-likeness (QED) is 0.435. The van der Waals surface area contributed by atoms with E-state index in [1.54, 1.807) is 25.1 Å². The predicted octanol–water partition coefficient (Wildman–Crippen LogP) is 2.14. The number of halogens is 1. The number of nitriles is 1. The first-order chi connectivity index (χ1) is 16.2. The molecule has 1 aliphatic heterocycles. The maximum absolute atomic E-state index is 13.3. The lowest BCUT2D eigenvalue weighted by Crippen LogP contribution is -2.36. The summed E-state index contributed by atoms with van der Waals surface area (Å²) in [6.07, 6.45) is 2.79. The highest BCUT2D eigenvalue weighted by Crippen LogP contribution is 2.25. The molecule has 1 atom stereocenters. The molecule has 0 saturated carbocycles. The summed E-state index contributed by atoms with van der Waals surface area (Å²) in [6.45, 7) is 1.75. The molecule has 1 aromatic carbocycles. The van der Waals surface area contributed by atoms with Crippen LogP contribution in [0.25, 0.3) is 11.7 Å². The van der Waals surface area contributed by atoms with Crippen molar-refractivity contribution >= 4 is 27.5 Å². The molecule has 0 spiro atoms. The molecule has 174 valence electrons. The number of carbonyl (C=O) groups is 1. The molecule has 0 bridgehead atoms. The largest absolute Gasteiger partial charge is 0.438 e. The number of sulfone groups is 1. The minimum absolute atomic E-state index is 0.0471. The van der Waals surface area contributed by atoms with Gasteiger partial charge in [0.05, 0.1) is 11.5 Å². The van der Waals surface area contributed by atoms with E-state index in [0.717, 1.165) is 6.08 Å². The summed E-state index contributed by atoms with van der Waals surface area (Å²) < 4.78 is 43.6. The van der Waals surface area contributed by atoms with Crippen LogP contribution in [-0.4, -0.2) is 41.3 Å². The summed E-state index contributed by atoms with van der Waals surface area (Å²) in [5.41, 5.74) is -0.187. The summed E-state index contributed by atoms with van der Waals surface area (Å²) in [5, 5.41) is 12.1. The fourth-order valence-corrected chi connectivity index (χ4v) is 5.25. The van der Waals surface area contributed by atoms with Gasteiger partial charge in [0.2, 0.25) is 5.88 Å². The van der Waals surface area contributed by atoms with Crippen molar-refractivity contribution in [2.24, 2.45) is 0 Å². The SMILES string of the molecule is Cc1cccn2c(=O)c(/C=C(\C#N)C(=O)N[C@H]3CCS(=O)(=O)C3)c(Oc3ccc(F)cc3)nc12. The second kappa shape index (κ2) is 9.07. The van der Waals surface area contributed by atoms with Crippen LogP contribution in [-0.2, 0) is 14.6 Å². The molecule has 11 heteroatoms. The highest BCUT2D eigenvalue weighted by molar-refractivity contribution is 7.91. The Morgan fingerprint density at radius 2 is 2.06 bits per heavy atom. The van der Waals surface area contributed by atoms with E-state index in [-0.39, 0.29) is 35.1 Å². The molecule has 4 rings (SSSR count). The summed E-state index contributed by atoms with van der Waals surface area (Å²) in [4.78, 5) is 30.3. The molecule has 0 unspecified atom stereocenters. The molecule has 3 aromatic rings. The van der Waals surface area contributed by atoms with E-state index in [2.05, 4.69) is 10.3 Å². The monoisotopic (exact) mass is 482 g/mol. The lowest BCUT2D eigenvalue weighted by Gasteiger charge is -2.12. The van der Waals surface area contributed by atoms with Gasteiger partial charge in [-0.05, 0) is 55.3 Å². The Labute approximate surface area is 194 Å². The number of pyridine rings is 1. The third-order valence-corrected chi connectivity index (χ3v) is 7.07. The third kappa shape index (κ3) is 4.82. The van der Waals surface area contributed by atoms with Crippen LogP contribution in [0.1, 0.15) is 17.5 Å². The summed E-state index contributed by atoms with van der Waals surface area (Å²) in [7, 11) is -3.24. The Bertz CT molecular complexity index is 1520. The van der Waals surface area contributed by atoms with Crippen LogP contribution in [0.2, 0.25) is 0 Å². The molecule has 0 radical (unpaired) electrons. The van der Waals surface area contributed by atoms with Gasteiger partial charge in [0.15, 0.2) is 9.84 Å². The molecule has 1 aliphatic rings. The number of hydrogen-bond acceptors (Lipinski definition) is 7. The van der Waals surface area contributed by atoms with Crippen LogP contribution in [0.5, 0.6) is 11.6 Å². The average molecular weight is 482 g/mol. The Kier molecular flexibility index (Phi) is 6.17. The minimum atomic E-state index is -3.24. The molecule has 34 heavy (non-hydrogen) atoms. The predicted molar refractivity (Wildman–Crippen MR) is 121 cm³/mol. The van der Waals surface area contributed by atoms with Crippen LogP contribution in [0.4, 0.5) is 4.39 Å². The van der Waals surface area contributed by atoms with Gasteiger partial charge in [-0.15, -0.1) is 0 Å². The van der Waals surface area contributed by atoms with Crippen molar-refractivity contribution < 1.29 is 22.3 Å². The summed E-state index contributed by atoms with van der Waals surface area (Å²) in [5.74, 6) is -1.53. The second-order valence-corrected chi connectivity index (χ2v) is 10.0. The van der Waals surface area contributed by atoms with Crippen molar-refractivity contribution in [3.05, 3.63) is 75.5 Å². The highest BCUT2D eigenvalue weighted by atomic mass is 32.2. The molecule has 1 fully saturated rings. The molecular formula is C23H19FN4O5S. The number of aryl methyl sites for hydroxylation is 1. The smallest absolute Gasteiger partial charge is 0.269 e. The molecule has 3 heterocycles. The van der Waals surface area contributed by atoms with E-state index in [4.69, 9.17) is 4.74 Å². The van der Waals surface area contributed by atoms with E-state index >= 15 is 0 Å². The summed E-state index contributed by atoms with van der Waals surface area (Å²) >= 11 is 0. The molecule has 1 amide bonds. The van der Waals surface area contributed by atoms with Gasteiger partial charge in [-0.25, -0.2) is 12.8 Å². The van der Waals surface area contributed by atoms with Crippen LogP contribution >= 0.6 is 0 Å². The number of nitrogens with one attached hydrogen (secondary N) is 1. The number of rotatable bonds is 5. The Balaban J connectivity index is 1.78. The van der Waals surface area contributed by atoms with Gasteiger partial charge in [0.25, 0.3) is 11.5 Å². The molecular weight excluding hydrogens is 463 g/mol. The van der Waals surface area contributed by atoms with Crippen LogP contribution in [0.15, 0.2) is 53.0 Å². The van der Waals surface area contributed by atoms with E-state index in [1.807, 2.05) is 0 Å². The Hall–Kier alpha value is -4.04. The van der Waals surface area contributed by atoms with Crippen LogP contribution in [0, 0.1) is 24.1 Å². The maximum Gasteiger partial charge on any atom is 0.269 e. The molecule has 0 aliphatic carbocycles. The highest BCUT2D eigenvalue weighted by Gasteiger charge is 2.30. The lowest BCUT2D eigenvalue weighted by molar-refractivity contribution is -0.117. The fourth-order valence-electron chi connectivity index (χ4n) is 3.57. The van der Waals surface area contributed by atoms with E-state index in [0.29, 0.717) is 11.2 Å². The van der Waals surface area contributed by atoms with Gasteiger partial charge in [0.1, 0.15) is 34.4 Å². The Morgan fingerprint density at radius 1 is 1.32 bits per heavy atom. The van der Waals surface area contributed by atoms with E-state index in [1.165, 1.54) is 34.9 Å². The zero-order valence-electron chi connectivity index (χ0n) is 18.0. The number of amides is 1. The first-order valence-corrected chi connectivity index (χ1v) is 12.1. The van der Waals surface area contributed by atoms with Gasteiger partial charge in [0, 0.05) is 12.2 Å². The van der Waals surface area contributed by atoms with E-state index < -0.39 is 38.7 Å². The average Bonchev–Trinajstić information content (AvgIpc) is 3.14. The minimum Gasteiger partial charge on any atom is -0.438 e. The van der Waals surface area contributed by atoms with Crippen molar-refractivity contribution in [3.63, 3.8) is 0 Å². The number of aromatic nitrogens is 2. The number of benzene rings is 1.